The van der Waals surface area contributed by atoms with E-state index in [9.17, 15) is 4.79 Å². The minimum absolute atomic E-state index is 0. The smallest absolute Gasteiger partial charge is 0.235 e. The number of H-pyrrole nitrogens is 1. The molecule has 0 atom stereocenters. The molecule has 4 nitrogen and oxygen atoms in total. The van der Waals surface area contributed by atoms with Crippen molar-refractivity contribution in [2.75, 3.05) is 5.32 Å². The molecule has 0 bridgehead atoms. The van der Waals surface area contributed by atoms with Crippen LogP contribution in [-0.4, -0.2) is 10.9 Å². The van der Waals surface area contributed by atoms with Crippen molar-refractivity contribution in [2.24, 2.45) is 0 Å². The summed E-state index contributed by atoms with van der Waals surface area (Å²) in [6.07, 6.45) is 3.42. The Bertz CT molecular complexity index is 1210. The zero-order valence-corrected chi connectivity index (χ0v) is 16.4. The highest BCUT2D eigenvalue weighted by Gasteiger charge is 2.51. The number of hydrogen-bond acceptors (Lipinski definition) is 2. The zero-order chi connectivity index (χ0) is 19.5. The van der Waals surface area contributed by atoms with Crippen molar-refractivity contribution in [1.29, 1.82) is 0 Å². The van der Waals surface area contributed by atoms with Crippen molar-refractivity contribution < 1.29 is 10.6 Å². The molecule has 1 aliphatic carbocycles. The average molecular weight is 374 g/mol. The quantitative estimate of drug-likeness (QED) is 0.453. The van der Waals surface area contributed by atoms with Crippen molar-refractivity contribution in [3.8, 4) is 0 Å². The standard InChI is InChI=1S/C24H24N2O2.H2/c1-23(2,3)21-13-16-12-18(6-7-19(16)26-21)25-22(27)24(9-10-24)17-5-4-15-8-11-28-20(15)14-17;/h4-8,11-14,26H,9-10H2,1-3H3,(H,25,27);1H. The van der Waals surface area contributed by atoms with Gasteiger partial charge in [0.05, 0.1) is 11.7 Å². The SMILES string of the molecule is CC(C)(C)c1cc2cc(NC(=O)C3(c4ccc5ccoc5c4)CC3)ccc2[nH]1.[HH]. The summed E-state index contributed by atoms with van der Waals surface area (Å²) < 4.78 is 5.52. The number of amides is 1. The maximum Gasteiger partial charge on any atom is 0.235 e. The van der Waals surface area contributed by atoms with Crippen LogP contribution in [0.25, 0.3) is 21.9 Å². The molecule has 5 rings (SSSR count). The monoisotopic (exact) mass is 374 g/mol. The van der Waals surface area contributed by atoms with Crippen LogP contribution >= 0.6 is 0 Å². The van der Waals surface area contributed by atoms with E-state index >= 15 is 0 Å². The van der Waals surface area contributed by atoms with Gasteiger partial charge in [0.15, 0.2) is 0 Å². The van der Waals surface area contributed by atoms with E-state index in [4.69, 9.17) is 4.42 Å². The number of rotatable bonds is 3. The van der Waals surface area contributed by atoms with Crippen molar-refractivity contribution >= 4 is 33.5 Å². The largest absolute Gasteiger partial charge is 0.464 e. The van der Waals surface area contributed by atoms with Crippen LogP contribution in [-0.2, 0) is 15.6 Å². The Labute approximate surface area is 165 Å². The first-order valence-corrected chi connectivity index (χ1v) is 9.78. The highest BCUT2D eigenvalue weighted by Crippen LogP contribution is 2.49. The fourth-order valence-corrected chi connectivity index (χ4v) is 3.89. The molecule has 2 heterocycles. The van der Waals surface area contributed by atoms with Crippen LogP contribution in [0, 0.1) is 0 Å². The van der Waals surface area contributed by atoms with Gasteiger partial charge in [-0.25, -0.2) is 0 Å². The molecule has 2 aromatic carbocycles. The van der Waals surface area contributed by atoms with Gasteiger partial charge in [0.2, 0.25) is 5.91 Å². The lowest BCUT2D eigenvalue weighted by Crippen LogP contribution is -2.27. The topological polar surface area (TPSA) is 58.0 Å². The molecule has 1 amide bonds. The van der Waals surface area contributed by atoms with Crippen molar-refractivity contribution in [3.63, 3.8) is 0 Å². The Morgan fingerprint density at radius 2 is 1.89 bits per heavy atom. The summed E-state index contributed by atoms with van der Waals surface area (Å²) in [6.45, 7) is 6.56. The molecule has 2 N–H and O–H groups in total. The number of furan rings is 1. The predicted molar refractivity (Wildman–Crippen MR) is 115 cm³/mol. The average Bonchev–Trinajstić information content (AvgIpc) is 3.13. The third-order valence-electron chi connectivity index (χ3n) is 5.88. The van der Waals surface area contributed by atoms with Gasteiger partial charge in [0.25, 0.3) is 0 Å². The molecule has 4 heteroatoms. The van der Waals surface area contributed by atoms with E-state index in [1.807, 2.05) is 36.4 Å². The highest BCUT2D eigenvalue weighted by atomic mass is 16.3. The molecule has 144 valence electrons. The van der Waals surface area contributed by atoms with E-state index in [2.05, 4.69) is 43.2 Å². The predicted octanol–water partition coefficient (Wildman–Crippen LogP) is 6.13. The number of fused-ring (bicyclic) bond motifs is 2. The number of aromatic nitrogens is 1. The summed E-state index contributed by atoms with van der Waals surface area (Å²) in [4.78, 5) is 16.6. The van der Waals surface area contributed by atoms with E-state index in [-0.39, 0.29) is 12.7 Å². The number of aromatic amines is 1. The van der Waals surface area contributed by atoms with Gasteiger partial charge >= 0.3 is 0 Å². The molecule has 0 aliphatic heterocycles. The van der Waals surface area contributed by atoms with Gasteiger partial charge in [-0.3, -0.25) is 4.79 Å². The number of hydrogen-bond donors (Lipinski definition) is 2. The molecule has 0 unspecified atom stereocenters. The number of anilines is 1. The first-order chi connectivity index (χ1) is 13.3. The van der Waals surface area contributed by atoms with E-state index in [0.29, 0.717) is 0 Å². The normalized spacial score (nSPS) is 15.8. The molecule has 0 spiro atoms. The maximum atomic E-state index is 13.1. The molecule has 28 heavy (non-hydrogen) atoms. The van der Waals surface area contributed by atoms with E-state index in [1.165, 1.54) is 5.69 Å². The second kappa shape index (κ2) is 5.74. The van der Waals surface area contributed by atoms with Gasteiger partial charge in [-0.1, -0.05) is 32.9 Å². The molecule has 2 aromatic heterocycles. The molecule has 1 aliphatic rings. The third kappa shape index (κ3) is 2.71. The van der Waals surface area contributed by atoms with Crippen LogP contribution in [0.3, 0.4) is 0 Å². The van der Waals surface area contributed by atoms with Gasteiger partial charge in [0, 0.05) is 34.5 Å². The Morgan fingerprint density at radius 3 is 2.64 bits per heavy atom. The van der Waals surface area contributed by atoms with E-state index in [1.54, 1.807) is 6.26 Å². The summed E-state index contributed by atoms with van der Waals surface area (Å²) in [5.41, 5.74) is 4.60. The number of carbonyl (C=O) groups is 1. The molecule has 1 fully saturated rings. The van der Waals surface area contributed by atoms with Gasteiger partial charge in [-0.05, 0) is 54.8 Å². The summed E-state index contributed by atoms with van der Waals surface area (Å²) >= 11 is 0. The Kier molecular flexibility index (Phi) is 3.51. The summed E-state index contributed by atoms with van der Waals surface area (Å²) in [6, 6.07) is 16.2. The van der Waals surface area contributed by atoms with E-state index < -0.39 is 5.41 Å². The summed E-state index contributed by atoms with van der Waals surface area (Å²) in [5, 5.41) is 5.32. The molecular weight excluding hydrogens is 348 g/mol. The number of carbonyl (C=O) groups excluding carboxylic acids is 1. The minimum Gasteiger partial charge on any atom is -0.464 e. The molecule has 0 radical (unpaired) electrons. The van der Waals surface area contributed by atoms with Gasteiger partial charge in [-0.15, -0.1) is 0 Å². The van der Waals surface area contributed by atoms with Crippen LogP contribution in [0.1, 0.15) is 46.3 Å². The Morgan fingerprint density at radius 1 is 1.07 bits per heavy atom. The molecule has 4 aromatic rings. The minimum atomic E-state index is -0.440. The lowest BCUT2D eigenvalue weighted by atomic mass is 9.92. The first-order valence-electron chi connectivity index (χ1n) is 9.78. The van der Waals surface area contributed by atoms with Gasteiger partial charge in [-0.2, -0.15) is 0 Å². The second-order valence-electron chi connectivity index (χ2n) is 8.94. The van der Waals surface area contributed by atoms with Crippen molar-refractivity contribution in [1.82, 2.24) is 4.98 Å². The summed E-state index contributed by atoms with van der Waals surface area (Å²) in [7, 11) is 0. The molecule has 1 saturated carbocycles. The second-order valence-corrected chi connectivity index (χ2v) is 8.94. The Hall–Kier alpha value is -3.01. The maximum absolute atomic E-state index is 13.1. The molecule has 0 saturated heterocycles. The number of benzene rings is 2. The van der Waals surface area contributed by atoms with Crippen LogP contribution < -0.4 is 5.32 Å². The van der Waals surface area contributed by atoms with Crippen molar-refractivity contribution in [3.05, 3.63) is 66.1 Å². The Balaban J connectivity index is 0.00000205. The van der Waals surface area contributed by atoms with Crippen LogP contribution in [0.2, 0.25) is 0 Å². The summed E-state index contributed by atoms with van der Waals surface area (Å²) in [5.74, 6) is 0.0596. The lowest BCUT2D eigenvalue weighted by molar-refractivity contribution is -0.118. The molecular formula is C24H26N2O2. The van der Waals surface area contributed by atoms with Crippen LogP contribution in [0.5, 0.6) is 0 Å². The zero-order valence-electron chi connectivity index (χ0n) is 16.4. The van der Waals surface area contributed by atoms with Crippen LogP contribution in [0.4, 0.5) is 5.69 Å². The van der Waals surface area contributed by atoms with Gasteiger partial charge < -0.3 is 14.7 Å². The third-order valence-corrected chi connectivity index (χ3v) is 5.88. The fraction of sp³-hybridized carbons (Fsp3) is 0.292. The lowest BCUT2D eigenvalue weighted by Gasteiger charge is -2.16. The van der Waals surface area contributed by atoms with Crippen LogP contribution in [0.15, 0.2) is 59.2 Å². The van der Waals surface area contributed by atoms with Crippen molar-refractivity contribution in [2.45, 2.75) is 44.4 Å². The van der Waals surface area contributed by atoms with E-state index in [0.717, 1.165) is 46.0 Å². The van der Waals surface area contributed by atoms with Gasteiger partial charge in [0.1, 0.15) is 5.58 Å². The highest BCUT2D eigenvalue weighted by molar-refractivity contribution is 6.03. The fourth-order valence-electron chi connectivity index (χ4n) is 3.89. The number of nitrogens with one attached hydrogen (secondary N) is 2. The first kappa shape index (κ1) is 17.1.